The van der Waals surface area contributed by atoms with Gasteiger partial charge in [-0.1, -0.05) is 49.4 Å². The Hall–Kier alpha value is -4.51. The molecule has 204 valence electrons. The number of hydrogen-bond acceptors (Lipinski definition) is 6. The van der Waals surface area contributed by atoms with Gasteiger partial charge in [0, 0.05) is 11.6 Å². The summed E-state index contributed by atoms with van der Waals surface area (Å²) < 4.78 is 22.0. The fourth-order valence-corrected chi connectivity index (χ4v) is 5.08. The molecular formula is C29H27FN6O3S. The highest BCUT2D eigenvalue weighted by Gasteiger charge is 2.33. The first-order valence-electron chi connectivity index (χ1n) is 12.6. The average Bonchev–Trinajstić information content (AvgIpc) is 3.57. The maximum atomic E-state index is 15.0. The molecule has 1 saturated heterocycles. The highest BCUT2D eigenvalue weighted by molar-refractivity contribution is 8.15. The number of halogens is 1. The molecule has 3 aromatic carbocycles. The molecule has 1 aliphatic rings. The SMILES string of the molecule is COc1ccc(C(C)C)c(N2C(=O)CS/C2=N\C(=O)Nc2ccc(-c3ncn(-c4ccc(C)cc4)n3)cc2F)c1. The number of aliphatic imine (C=N–C) groups is 1. The van der Waals surface area contributed by atoms with E-state index in [1.165, 1.54) is 17.0 Å². The molecule has 0 unspecified atom stereocenters. The molecule has 1 N–H and O–H groups in total. The molecular weight excluding hydrogens is 531 g/mol. The van der Waals surface area contributed by atoms with Gasteiger partial charge in [-0.15, -0.1) is 5.10 Å². The van der Waals surface area contributed by atoms with Crippen molar-refractivity contribution in [3.8, 4) is 22.8 Å². The van der Waals surface area contributed by atoms with Crippen LogP contribution in [-0.2, 0) is 4.79 Å². The summed E-state index contributed by atoms with van der Waals surface area (Å²) in [4.78, 5) is 35.4. The number of methoxy groups -OCH3 is 1. The van der Waals surface area contributed by atoms with Crippen LogP contribution in [-0.4, -0.2) is 44.7 Å². The van der Waals surface area contributed by atoms with Crippen molar-refractivity contribution >= 4 is 40.2 Å². The van der Waals surface area contributed by atoms with Crippen molar-refractivity contribution in [2.24, 2.45) is 4.99 Å². The molecule has 0 radical (unpaired) electrons. The molecule has 9 nitrogen and oxygen atoms in total. The zero-order valence-electron chi connectivity index (χ0n) is 22.4. The second-order valence-electron chi connectivity index (χ2n) is 9.46. The van der Waals surface area contributed by atoms with Crippen molar-refractivity contribution in [3.63, 3.8) is 0 Å². The number of hydrogen-bond donors (Lipinski definition) is 1. The van der Waals surface area contributed by atoms with Crippen molar-refractivity contribution in [2.45, 2.75) is 26.7 Å². The van der Waals surface area contributed by atoms with Crippen molar-refractivity contribution in [2.75, 3.05) is 23.1 Å². The molecule has 0 bridgehead atoms. The third-order valence-corrected chi connectivity index (χ3v) is 7.25. The van der Waals surface area contributed by atoms with Crippen LogP contribution in [0.2, 0.25) is 0 Å². The number of nitrogens with one attached hydrogen (secondary N) is 1. The molecule has 0 aliphatic carbocycles. The highest BCUT2D eigenvalue weighted by atomic mass is 32.2. The Morgan fingerprint density at radius 1 is 1.12 bits per heavy atom. The minimum atomic E-state index is -0.801. The standard InChI is InChI=1S/C29H27FN6O3S/c1-17(2)22-11-10-21(39-4)14-25(22)36-26(37)15-40-29(36)33-28(38)32-24-12-7-19(13-23(24)30)27-31-16-35(34-27)20-8-5-18(3)6-9-20/h5-14,16-17H,15H2,1-4H3,(H,32,38)/b33-29-. The number of carbonyl (C=O) groups is 2. The Morgan fingerprint density at radius 3 is 2.60 bits per heavy atom. The highest BCUT2D eigenvalue weighted by Crippen LogP contribution is 2.36. The van der Waals surface area contributed by atoms with Gasteiger partial charge in [0.15, 0.2) is 11.0 Å². The maximum Gasteiger partial charge on any atom is 0.347 e. The Balaban J connectivity index is 1.35. The number of aromatic nitrogens is 3. The number of aryl methyl sites for hydroxylation is 1. The van der Waals surface area contributed by atoms with Gasteiger partial charge in [-0.2, -0.15) is 4.99 Å². The molecule has 2 heterocycles. The molecule has 0 atom stereocenters. The van der Waals surface area contributed by atoms with Gasteiger partial charge in [0.2, 0.25) is 5.91 Å². The van der Waals surface area contributed by atoms with Crippen molar-refractivity contribution in [1.82, 2.24) is 14.8 Å². The Morgan fingerprint density at radius 2 is 1.90 bits per heavy atom. The van der Waals surface area contributed by atoms with Gasteiger partial charge in [0.1, 0.15) is 17.9 Å². The minimum Gasteiger partial charge on any atom is -0.497 e. The molecule has 11 heteroatoms. The third kappa shape index (κ3) is 5.59. The molecule has 4 aromatic rings. The summed E-state index contributed by atoms with van der Waals surface area (Å²) in [5.74, 6) is 0.285. The molecule has 0 spiro atoms. The smallest absolute Gasteiger partial charge is 0.347 e. The van der Waals surface area contributed by atoms with Crippen LogP contribution in [0.1, 0.15) is 30.9 Å². The molecule has 3 amide bonds. The van der Waals surface area contributed by atoms with Gasteiger partial charge in [0.25, 0.3) is 0 Å². The van der Waals surface area contributed by atoms with Crippen LogP contribution < -0.4 is 15.0 Å². The van der Waals surface area contributed by atoms with E-state index < -0.39 is 11.8 Å². The summed E-state index contributed by atoms with van der Waals surface area (Å²) in [7, 11) is 1.54. The maximum absolute atomic E-state index is 15.0. The molecule has 1 aromatic heterocycles. The van der Waals surface area contributed by atoms with E-state index in [9.17, 15) is 9.59 Å². The quantitative estimate of drug-likeness (QED) is 0.303. The van der Waals surface area contributed by atoms with Crippen LogP contribution in [0.5, 0.6) is 5.75 Å². The van der Waals surface area contributed by atoms with Crippen LogP contribution in [0.15, 0.2) is 72.0 Å². The molecule has 0 saturated carbocycles. The van der Waals surface area contributed by atoms with E-state index in [1.54, 1.807) is 30.3 Å². The number of benzene rings is 3. The van der Waals surface area contributed by atoms with Crippen LogP contribution in [0.3, 0.4) is 0 Å². The molecule has 40 heavy (non-hydrogen) atoms. The second-order valence-corrected chi connectivity index (χ2v) is 10.4. The predicted octanol–water partition coefficient (Wildman–Crippen LogP) is 6.18. The van der Waals surface area contributed by atoms with Crippen molar-refractivity contribution < 1.29 is 18.7 Å². The Bertz CT molecular complexity index is 1620. The lowest BCUT2D eigenvalue weighted by atomic mass is 10.00. The van der Waals surface area contributed by atoms with Gasteiger partial charge >= 0.3 is 6.03 Å². The summed E-state index contributed by atoms with van der Waals surface area (Å²) in [6, 6.07) is 16.7. The van der Waals surface area contributed by atoms with Crippen molar-refractivity contribution in [1.29, 1.82) is 0 Å². The van der Waals surface area contributed by atoms with Crippen LogP contribution in [0.4, 0.5) is 20.6 Å². The molecule has 1 fully saturated rings. The first-order chi connectivity index (χ1) is 19.2. The van der Waals surface area contributed by atoms with Gasteiger partial charge in [-0.25, -0.2) is 18.9 Å². The number of thioether (sulfide) groups is 1. The third-order valence-electron chi connectivity index (χ3n) is 6.32. The summed E-state index contributed by atoms with van der Waals surface area (Å²) in [6.07, 6.45) is 1.56. The van der Waals surface area contributed by atoms with Gasteiger partial charge in [-0.3, -0.25) is 9.69 Å². The van der Waals surface area contributed by atoms with E-state index in [0.29, 0.717) is 22.8 Å². The lowest BCUT2D eigenvalue weighted by Crippen LogP contribution is -2.31. The van der Waals surface area contributed by atoms with Crippen LogP contribution >= 0.6 is 11.8 Å². The van der Waals surface area contributed by atoms with Crippen molar-refractivity contribution in [3.05, 3.63) is 83.9 Å². The number of nitrogens with zero attached hydrogens (tertiary/aromatic N) is 5. The number of amidine groups is 1. The lowest BCUT2D eigenvalue weighted by Gasteiger charge is -2.22. The Kier molecular flexibility index (Phi) is 7.65. The molecule has 1 aliphatic heterocycles. The molecule has 5 rings (SSSR count). The van der Waals surface area contributed by atoms with E-state index in [-0.39, 0.29) is 28.4 Å². The van der Waals surface area contributed by atoms with Crippen LogP contribution in [0.25, 0.3) is 17.1 Å². The van der Waals surface area contributed by atoms with Gasteiger partial charge in [0.05, 0.1) is 29.9 Å². The number of carbonyl (C=O) groups excluding carboxylic acids is 2. The lowest BCUT2D eigenvalue weighted by molar-refractivity contribution is -0.115. The number of rotatable bonds is 6. The summed E-state index contributed by atoms with van der Waals surface area (Å²) in [6.45, 7) is 6.02. The largest absolute Gasteiger partial charge is 0.497 e. The monoisotopic (exact) mass is 558 g/mol. The average molecular weight is 559 g/mol. The van der Waals surface area contributed by atoms with E-state index in [0.717, 1.165) is 28.6 Å². The summed E-state index contributed by atoms with van der Waals surface area (Å²) in [5, 5.41) is 7.12. The fourth-order valence-electron chi connectivity index (χ4n) is 4.22. The Labute approximate surface area is 235 Å². The van der Waals surface area contributed by atoms with Crippen LogP contribution in [0, 0.1) is 12.7 Å². The van der Waals surface area contributed by atoms with E-state index >= 15 is 4.39 Å². The fraction of sp³-hybridized carbons (Fsp3) is 0.207. The zero-order chi connectivity index (χ0) is 28.4. The number of amides is 3. The minimum absolute atomic E-state index is 0.0545. The zero-order valence-corrected chi connectivity index (χ0v) is 23.2. The topological polar surface area (TPSA) is 102 Å². The van der Waals surface area contributed by atoms with E-state index in [4.69, 9.17) is 4.74 Å². The first-order valence-corrected chi connectivity index (χ1v) is 13.5. The number of anilines is 2. The second kappa shape index (κ2) is 11.3. The normalized spacial score (nSPS) is 14.3. The first kappa shape index (κ1) is 27.1. The van der Waals surface area contributed by atoms with E-state index in [1.807, 2.05) is 57.2 Å². The van der Waals surface area contributed by atoms with E-state index in [2.05, 4.69) is 20.4 Å². The van der Waals surface area contributed by atoms with Gasteiger partial charge < -0.3 is 10.1 Å². The summed E-state index contributed by atoms with van der Waals surface area (Å²) >= 11 is 1.14. The number of urea groups is 1. The number of ether oxygens (including phenoxy) is 1. The predicted molar refractivity (Wildman–Crippen MR) is 155 cm³/mol. The van der Waals surface area contributed by atoms with Gasteiger partial charge in [-0.05, 0) is 54.8 Å². The summed E-state index contributed by atoms with van der Waals surface area (Å²) in [5.41, 5.74) is 3.87.